The number of nitrogens with two attached hydrogens (primary N) is 1. The molecule has 196 valence electrons. The van der Waals surface area contributed by atoms with Crippen LogP contribution in [0.1, 0.15) is 42.1 Å². The summed E-state index contributed by atoms with van der Waals surface area (Å²) in [5.41, 5.74) is 5.14. The lowest BCUT2D eigenvalue weighted by atomic mass is 9.84. The molecule has 2 heterocycles. The largest absolute Gasteiger partial charge is 0.367 e. The summed E-state index contributed by atoms with van der Waals surface area (Å²) in [5, 5.41) is 8.61. The van der Waals surface area contributed by atoms with Gasteiger partial charge in [0.2, 0.25) is 5.91 Å². The molecule has 2 aliphatic heterocycles. The topological polar surface area (TPSA) is 129 Å². The molecule has 2 aromatic rings. The molecule has 2 unspecified atom stereocenters. The van der Waals surface area contributed by atoms with E-state index in [1.807, 2.05) is 0 Å². The smallest absolute Gasteiger partial charge is 0.268 e. The number of anilines is 1. The van der Waals surface area contributed by atoms with Crippen LogP contribution in [0.4, 0.5) is 10.1 Å². The Morgan fingerprint density at radius 3 is 2.49 bits per heavy atom. The predicted octanol–water partition coefficient (Wildman–Crippen LogP) is 2.40. The molecule has 1 fully saturated rings. The number of carbonyl (C=O) groups is 3. The lowest BCUT2D eigenvalue weighted by Gasteiger charge is -2.29. The highest BCUT2D eigenvalue weighted by Crippen LogP contribution is 2.30. The number of halogens is 2. The van der Waals surface area contributed by atoms with Gasteiger partial charge in [0, 0.05) is 18.8 Å². The number of carbonyl (C=O) groups excluding carboxylic acids is 3. The molecule has 11 heteroatoms. The van der Waals surface area contributed by atoms with Crippen molar-refractivity contribution in [2.45, 2.75) is 37.9 Å². The highest BCUT2D eigenvalue weighted by molar-refractivity contribution is 6.47. The van der Waals surface area contributed by atoms with E-state index in [9.17, 15) is 18.8 Å². The number of benzene rings is 2. The van der Waals surface area contributed by atoms with Crippen molar-refractivity contribution in [2.24, 2.45) is 10.7 Å². The van der Waals surface area contributed by atoms with Crippen LogP contribution in [0.5, 0.6) is 0 Å². The Labute approximate surface area is 219 Å². The fraction of sp³-hybridized carbons (Fsp3) is 0.385. The fourth-order valence-corrected chi connectivity index (χ4v) is 5.01. The van der Waals surface area contributed by atoms with Gasteiger partial charge in [0.05, 0.1) is 16.8 Å². The minimum absolute atomic E-state index is 0.000948. The average Bonchev–Trinajstić information content (AvgIpc) is 3.23. The van der Waals surface area contributed by atoms with Crippen molar-refractivity contribution in [1.82, 2.24) is 15.5 Å². The second-order valence-electron chi connectivity index (χ2n) is 9.23. The van der Waals surface area contributed by atoms with Crippen LogP contribution in [0.15, 0.2) is 47.5 Å². The summed E-state index contributed by atoms with van der Waals surface area (Å²) < 4.78 is 13.3. The van der Waals surface area contributed by atoms with Crippen molar-refractivity contribution in [2.75, 3.05) is 31.5 Å². The van der Waals surface area contributed by atoms with Gasteiger partial charge in [-0.2, -0.15) is 0 Å². The van der Waals surface area contributed by atoms with Crippen LogP contribution in [0.25, 0.3) is 0 Å². The van der Waals surface area contributed by atoms with Crippen LogP contribution in [0, 0.1) is 5.82 Å². The number of rotatable bonds is 8. The van der Waals surface area contributed by atoms with E-state index in [1.165, 1.54) is 12.5 Å². The molecule has 0 bridgehead atoms. The maximum Gasteiger partial charge on any atom is 0.268 e. The number of hydrogen-bond donors (Lipinski definition) is 4. The zero-order chi connectivity index (χ0) is 26.6. The molecule has 37 heavy (non-hydrogen) atoms. The van der Waals surface area contributed by atoms with E-state index >= 15 is 0 Å². The number of likely N-dealkylation sites (tertiary alicyclic amines) is 1. The molecule has 5 N–H and O–H groups in total. The van der Waals surface area contributed by atoms with Gasteiger partial charge in [-0.15, -0.1) is 0 Å². The van der Waals surface area contributed by atoms with E-state index in [0.29, 0.717) is 17.8 Å². The maximum absolute atomic E-state index is 13.3. The number of amides is 3. The van der Waals surface area contributed by atoms with E-state index in [4.69, 9.17) is 17.3 Å². The first kappa shape index (κ1) is 26.7. The Kier molecular flexibility index (Phi) is 8.21. The van der Waals surface area contributed by atoms with Crippen molar-refractivity contribution >= 4 is 40.7 Å². The third kappa shape index (κ3) is 5.82. The first-order chi connectivity index (χ1) is 17.7. The lowest BCUT2D eigenvalue weighted by Crippen LogP contribution is -2.59. The Bertz CT molecular complexity index is 1220. The summed E-state index contributed by atoms with van der Waals surface area (Å²) in [4.78, 5) is 45.2. The van der Waals surface area contributed by atoms with Gasteiger partial charge in [-0.25, -0.2) is 4.39 Å². The number of piperidine rings is 1. The van der Waals surface area contributed by atoms with Crippen molar-refractivity contribution < 1.29 is 18.8 Å². The molecular formula is C26H30ClFN6O3. The molecule has 3 amide bonds. The van der Waals surface area contributed by atoms with Crippen molar-refractivity contribution in [3.05, 3.63) is 64.4 Å². The van der Waals surface area contributed by atoms with Gasteiger partial charge in [-0.1, -0.05) is 30.2 Å². The van der Waals surface area contributed by atoms with Crippen LogP contribution in [0.3, 0.4) is 0 Å². The second-order valence-corrected chi connectivity index (χ2v) is 9.63. The highest BCUT2D eigenvalue weighted by atomic mass is 35.5. The second kappa shape index (κ2) is 11.4. The lowest BCUT2D eigenvalue weighted by molar-refractivity contribution is -0.123. The molecule has 2 atom stereocenters. The quantitative estimate of drug-likeness (QED) is 0.418. The van der Waals surface area contributed by atoms with Crippen LogP contribution >= 0.6 is 11.6 Å². The SMILES string of the molecule is CC1N=C(C(=O)NCCN2CCCCC2)C(C(N)=O)(c2ccc(NC(=O)c3ccc(F)cc3Cl)cc2)N1. The normalized spacial score (nSPS) is 21.8. The molecule has 0 aliphatic carbocycles. The standard InChI is InChI=1S/C26H30ClFN6O3/c1-16-31-22(24(36)30-11-14-34-12-3-2-4-13-34)26(33-16,25(29)37)17-5-8-19(9-6-17)32-23(35)20-10-7-18(28)15-21(20)27/h5-10,15-16,33H,2-4,11-14H2,1H3,(H2,29,37)(H,30,36)(H,32,35). The van der Waals surface area contributed by atoms with Crippen molar-refractivity contribution in [3.63, 3.8) is 0 Å². The number of primary amides is 1. The Morgan fingerprint density at radius 1 is 1.14 bits per heavy atom. The molecule has 1 saturated heterocycles. The molecule has 2 aliphatic rings. The van der Waals surface area contributed by atoms with E-state index in [0.717, 1.165) is 44.6 Å². The summed E-state index contributed by atoms with van der Waals surface area (Å²) in [5.74, 6) is -2.30. The van der Waals surface area contributed by atoms with E-state index < -0.39 is 35.2 Å². The molecular weight excluding hydrogens is 499 g/mol. The van der Waals surface area contributed by atoms with Gasteiger partial charge in [0.25, 0.3) is 11.8 Å². The number of hydrogen-bond acceptors (Lipinski definition) is 6. The van der Waals surface area contributed by atoms with E-state index in [2.05, 4.69) is 25.8 Å². The van der Waals surface area contributed by atoms with Gasteiger partial charge in [-0.05, 0) is 68.8 Å². The summed E-state index contributed by atoms with van der Waals surface area (Å²) in [7, 11) is 0. The minimum atomic E-state index is -1.63. The average molecular weight is 529 g/mol. The van der Waals surface area contributed by atoms with Crippen LogP contribution in [0.2, 0.25) is 5.02 Å². The van der Waals surface area contributed by atoms with Crippen molar-refractivity contribution in [1.29, 1.82) is 0 Å². The van der Waals surface area contributed by atoms with E-state index in [1.54, 1.807) is 31.2 Å². The molecule has 0 saturated carbocycles. The summed E-state index contributed by atoms with van der Waals surface area (Å²) in [6.45, 7) is 4.90. The van der Waals surface area contributed by atoms with Gasteiger partial charge >= 0.3 is 0 Å². The molecule has 9 nitrogen and oxygen atoms in total. The highest BCUT2D eigenvalue weighted by Gasteiger charge is 2.51. The van der Waals surface area contributed by atoms with Crippen molar-refractivity contribution in [3.8, 4) is 0 Å². The maximum atomic E-state index is 13.3. The first-order valence-electron chi connectivity index (χ1n) is 12.2. The van der Waals surface area contributed by atoms with E-state index in [-0.39, 0.29) is 16.3 Å². The molecule has 0 spiro atoms. The third-order valence-corrected chi connectivity index (χ3v) is 6.91. The summed E-state index contributed by atoms with van der Waals surface area (Å²) in [6.07, 6.45) is 3.02. The monoisotopic (exact) mass is 528 g/mol. The van der Waals surface area contributed by atoms with Gasteiger partial charge in [0.1, 0.15) is 11.5 Å². The number of nitrogens with one attached hydrogen (secondary N) is 3. The summed E-state index contributed by atoms with van der Waals surface area (Å²) in [6, 6.07) is 9.83. The van der Waals surface area contributed by atoms with Gasteiger partial charge in [-0.3, -0.25) is 24.7 Å². The van der Waals surface area contributed by atoms with Crippen LogP contribution < -0.4 is 21.7 Å². The first-order valence-corrected chi connectivity index (χ1v) is 12.6. The van der Waals surface area contributed by atoms with Gasteiger partial charge < -0.3 is 21.3 Å². The number of aliphatic imine (C=N–C) groups is 1. The van der Waals surface area contributed by atoms with Gasteiger partial charge in [0.15, 0.2) is 5.54 Å². The Hall–Kier alpha value is -3.34. The zero-order valence-corrected chi connectivity index (χ0v) is 21.3. The minimum Gasteiger partial charge on any atom is -0.367 e. The molecule has 0 radical (unpaired) electrons. The Morgan fingerprint density at radius 2 is 1.84 bits per heavy atom. The number of nitrogens with zero attached hydrogens (tertiary/aromatic N) is 2. The molecule has 2 aromatic carbocycles. The molecule has 4 rings (SSSR count). The third-order valence-electron chi connectivity index (χ3n) is 6.60. The zero-order valence-electron chi connectivity index (χ0n) is 20.5. The van der Waals surface area contributed by atoms with Crippen LogP contribution in [-0.2, 0) is 15.1 Å². The van der Waals surface area contributed by atoms with Crippen LogP contribution in [-0.4, -0.2) is 60.7 Å². The molecule has 0 aromatic heterocycles. The summed E-state index contributed by atoms with van der Waals surface area (Å²) >= 11 is 5.98. The predicted molar refractivity (Wildman–Crippen MR) is 140 cm³/mol. The fourth-order valence-electron chi connectivity index (χ4n) is 4.75. The Balaban J connectivity index is 1.49.